The highest BCUT2D eigenvalue weighted by atomic mass is 16.2. The molecule has 2 heterocycles. The summed E-state index contributed by atoms with van der Waals surface area (Å²) in [6.45, 7) is 1.54. The standard InChI is InChI=1S/C19H25N5O/c25-19(24-11-9-15(10-12-24)18-20-13-21-23-18)22-17-8-4-2-6-14-5-1-3-7-16(14)17/h1,3,5,7,13,15,17H,2,4,6,8-12H2,(H,22,25)(H,20,21,23)/t17-/m1/s1. The highest BCUT2D eigenvalue weighted by Crippen LogP contribution is 2.29. The van der Waals surface area contributed by atoms with Crippen LogP contribution in [-0.2, 0) is 6.42 Å². The number of hydrogen-bond acceptors (Lipinski definition) is 3. The van der Waals surface area contributed by atoms with E-state index in [1.165, 1.54) is 17.5 Å². The van der Waals surface area contributed by atoms with E-state index in [4.69, 9.17) is 0 Å². The SMILES string of the molecule is O=C(N[C@@H]1CCCCc2ccccc21)N1CCC(c2ncn[nH]2)CC1. The van der Waals surface area contributed by atoms with Crippen molar-refractivity contribution < 1.29 is 4.79 Å². The molecule has 6 nitrogen and oxygen atoms in total. The van der Waals surface area contributed by atoms with E-state index >= 15 is 0 Å². The van der Waals surface area contributed by atoms with Gasteiger partial charge in [-0.05, 0) is 43.2 Å². The Morgan fingerprint density at radius 2 is 2.00 bits per heavy atom. The minimum atomic E-state index is 0.0673. The number of H-pyrrole nitrogens is 1. The molecule has 0 saturated carbocycles. The number of aromatic nitrogens is 3. The molecule has 1 aliphatic carbocycles. The average Bonchev–Trinajstić information content (AvgIpc) is 3.12. The second-order valence-corrected chi connectivity index (χ2v) is 7.08. The van der Waals surface area contributed by atoms with Crippen LogP contribution in [0.2, 0.25) is 0 Å². The van der Waals surface area contributed by atoms with Gasteiger partial charge in [-0.3, -0.25) is 5.10 Å². The maximum absolute atomic E-state index is 12.8. The van der Waals surface area contributed by atoms with Gasteiger partial charge >= 0.3 is 6.03 Å². The topological polar surface area (TPSA) is 73.9 Å². The lowest BCUT2D eigenvalue weighted by Crippen LogP contribution is -2.45. The summed E-state index contributed by atoms with van der Waals surface area (Å²) in [6.07, 6.45) is 7.92. The quantitative estimate of drug-likeness (QED) is 0.825. The van der Waals surface area contributed by atoms with E-state index in [-0.39, 0.29) is 12.1 Å². The molecule has 132 valence electrons. The first kappa shape index (κ1) is 16.1. The van der Waals surface area contributed by atoms with E-state index in [1.54, 1.807) is 6.33 Å². The Bertz CT molecular complexity index is 706. The van der Waals surface area contributed by atoms with Gasteiger partial charge in [-0.2, -0.15) is 5.10 Å². The Morgan fingerprint density at radius 3 is 2.80 bits per heavy atom. The van der Waals surface area contributed by atoms with Crippen LogP contribution in [0, 0.1) is 0 Å². The van der Waals surface area contributed by atoms with E-state index in [0.717, 1.165) is 51.0 Å². The number of amides is 2. The Hall–Kier alpha value is -2.37. The van der Waals surface area contributed by atoms with Crippen LogP contribution in [0.4, 0.5) is 4.79 Å². The number of urea groups is 1. The second-order valence-electron chi connectivity index (χ2n) is 7.08. The molecular weight excluding hydrogens is 314 g/mol. The molecule has 1 fully saturated rings. The number of fused-ring (bicyclic) bond motifs is 1. The second kappa shape index (κ2) is 7.25. The number of benzene rings is 1. The van der Waals surface area contributed by atoms with Crippen molar-refractivity contribution in [3.8, 4) is 0 Å². The van der Waals surface area contributed by atoms with Crippen molar-refractivity contribution >= 4 is 6.03 Å². The average molecular weight is 339 g/mol. The van der Waals surface area contributed by atoms with E-state index in [9.17, 15) is 4.79 Å². The van der Waals surface area contributed by atoms with Crippen LogP contribution in [0.5, 0.6) is 0 Å². The Labute approximate surface area is 148 Å². The van der Waals surface area contributed by atoms with Crippen LogP contribution in [0.15, 0.2) is 30.6 Å². The molecule has 4 rings (SSSR count). The third kappa shape index (κ3) is 3.52. The molecule has 0 radical (unpaired) electrons. The molecule has 25 heavy (non-hydrogen) atoms. The molecule has 1 atom stereocenters. The van der Waals surface area contributed by atoms with Gasteiger partial charge in [0.1, 0.15) is 12.2 Å². The van der Waals surface area contributed by atoms with Crippen LogP contribution >= 0.6 is 0 Å². The highest BCUT2D eigenvalue weighted by molar-refractivity contribution is 5.75. The maximum atomic E-state index is 12.8. The number of rotatable bonds is 2. The number of hydrogen-bond donors (Lipinski definition) is 2. The third-order valence-corrected chi connectivity index (χ3v) is 5.52. The van der Waals surface area contributed by atoms with Crippen LogP contribution in [0.25, 0.3) is 0 Å². The number of nitrogens with one attached hydrogen (secondary N) is 2. The minimum absolute atomic E-state index is 0.0673. The molecule has 2 amide bonds. The summed E-state index contributed by atoms with van der Waals surface area (Å²) >= 11 is 0. The van der Waals surface area contributed by atoms with Gasteiger partial charge in [0.25, 0.3) is 0 Å². The van der Waals surface area contributed by atoms with Gasteiger partial charge in [0.15, 0.2) is 0 Å². The summed E-state index contributed by atoms with van der Waals surface area (Å²) in [6, 6.07) is 8.74. The van der Waals surface area contributed by atoms with Crippen LogP contribution in [-0.4, -0.2) is 39.2 Å². The van der Waals surface area contributed by atoms with Crippen molar-refractivity contribution in [3.05, 3.63) is 47.5 Å². The molecule has 0 spiro atoms. The summed E-state index contributed by atoms with van der Waals surface area (Å²) < 4.78 is 0. The number of aromatic amines is 1. The summed E-state index contributed by atoms with van der Waals surface area (Å²) in [5.41, 5.74) is 2.68. The van der Waals surface area contributed by atoms with Crippen LogP contribution in [0.1, 0.15) is 61.0 Å². The summed E-state index contributed by atoms with van der Waals surface area (Å²) in [7, 11) is 0. The Balaban J connectivity index is 1.38. The number of aryl methyl sites for hydroxylation is 1. The fourth-order valence-corrected chi connectivity index (χ4v) is 4.08. The molecule has 0 unspecified atom stereocenters. The first-order chi connectivity index (χ1) is 12.3. The maximum Gasteiger partial charge on any atom is 0.317 e. The molecular formula is C19H25N5O. The summed E-state index contributed by atoms with van der Waals surface area (Å²) in [4.78, 5) is 19.0. The van der Waals surface area contributed by atoms with Gasteiger partial charge < -0.3 is 10.2 Å². The van der Waals surface area contributed by atoms with Crippen LogP contribution in [0.3, 0.4) is 0 Å². The Morgan fingerprint density at radius 1 is 1.16 bits per heavy atom. The van der Waals surface area contributed by atoms with Crippen molar-refractivity contribution in [1.82, 2.24) is 25.4 Å². The molecule has 2 aliphatic rings. The number of likely N-dealkylation sites (tertiary alicyclic amines) is 1. The summed E-state index contributed by atoms with van der Waals surface area (Å²) in [5.74, 6) is 1.32. The Kier molecular flexibility index (Phi) is 4.68. The zero-order valence-corrected chi connectivity index (χ0v) is 14.4. The monoisotopic (exact) mass is 339 g/mol. The fourth-order valence-electron chi connectivity index (χ4n) is 4.08. The number of carbonyl (C=O) groups excluding carboxylic acids is 1. The zero-order chi connectivity index (χ0) is 17.1. The lowest BCUT2D eigenvalue weighted by atomic mass is 9.96. The van der Waals surface area contributed by atoms with Crippen molar-refractivity contribution in [2.24, 2.45) is 0 Å². The molecule has 2 N–H and O–H groups in total. The third-order valence-electron chi connectivity index (χ3n) is 5.52. The number of piperidine rings is 1. The molecule has 1 aromatic heterocycles. The van der Waals surface area contributed by atoms with E-state index in [0.29, 0.717) is 5.92 Å². The van der Waals surface area contributed by atoms with Gasteiger partial charge in [-0.25, -0.2) is 9.78 Å². The molecule has 1 saturated heterocycles. The lowest BCUT2D eigenvalue weighted by molar-refractivity contribution is 0.176. The van der Waals surface area contributed by atoms with Gasteiger partial charge in [-0.15, -0.1) is 0 Å². The predicted molar refractivity (Wildman–Crippen MR) is 95.2 cm³/mol. The van der Waals surface area contributed by atoms with Crippen molar-refractivity contribution in [3.63, 3.8) is 0 Å². The zero-order valence-electron chi connectivity index (χ0n) is 14.4. The smallest absolute Gasteiger partial charge is 0.317 e. The fraction of sp³-hybridized carbons (Fsp3) is 0.526. The first-order valence-electron chi connectivity index (χ1n) is 9.30. The predicted octanol–water partition coefficient (Wildman–Crippen LogP) is 3.16. The minimum Gasteiger partial charge on any atom is -0.331 e. The summed E-state index contributed by atoms with van der Waals surface area (Å²) in [5, 5.41) is 10.2. The lowest BCUT2D eigenvalue weighted by Gasteiger charge is -2.32. The normalized spacial score (nSPS) is 21.4. The van der Waals surface area contributed by atoms with Gasteiger partial charge in [-0.1, -0.05) is 30.7 Å². The van der Waals surface area contributed by atoms with E-state index in [1.807, 2.05) is 4.90 Å². The van der Waals surface area contributed by atoms with Gasteiger partial charge in [0.05, 0.1) is 6.04 Å². The van der Waals surface area contributed by atoms with E-state index < -0.39 is 0 Å². The molecule has 1 aromatic carbocycles. The van der Waals surface area contributed by atoms with E-state index in [2.05, 4.69) is 44.8 Å². The van der Waals surface area contributed by atoms with Crippen LogP contribution < -0.4 is 5.32 Å². The first-order valence-corrected chi connectivity index (χ1v) is 9.30. The largest absolute Gasteiger partial charge is 0.331 e. The van der Waals surface area contributed by atoms with Crippen molar-refractivity contribution in [1.29, 1.82) is 0 Å². The number of carbonyl (C=O) groups is 1. The van der Waals surface area contributed by atoms with Crippen molar-refractivity contribution in [2.45, 2.75) is 50.5 Å². The number of nitrogens with zero attached hydrogens (tertiary/aromatic N) is 3. The van der Waals surface area contributed by atoms with Crippen molar-refractivity contribution in [2.75, 3.05) is 13.1 Å². The molecule has 6 heteroatoms. The molecule has 0 bridgehead atoms. The highest BCUT2D eigenvalue weighted by Gasteiger charge is 2.27. The molecule has 1 aliphatic heterocycles. The molecule has 2 aromatic rings. The van der Waals surface area contributed by atoms with Gasteiger partial charge in [0.2, 0.25) is 0 Å². The van der Waals surface area contributed by atoms with Gasteiger partial charge in [0, 0.05) is 19.0 Å².